The maximum atomic E-state index is 12.0. The molecule has 0 bridgehead atoms. The summed E-state index contributed by atoms with van der Waals surface area (Å²) in [6.45, 7) is 2.01. The van der Waals surface area contributed by atoms with Crippen molar-refractivity contribution in [2.24, 2.45) is 0 Å². The van der Waals surface area contributed by atoms with Gasteiger partial charge in [-0.1, -0.05) is 12.1 Å². The normalized spacial score (nSPS) is 10.6. The summed E-state index contributed by atoms with van der Waals surface area (Å²) in [5, 5.41) is 2.04. The number of rotatable bonds is 8. The summed E-state index contributed by atoms with van der Waals surface area (Å²) in [5.41, 5.74) is 0. The van der Waals surface area contributed by atoms with Crippen LogP contribution < -0.4 is 23.7 Å². The summed E-state index contributed by atoms with van der Waals surface area (Å²) in [6.07, 6.45) is -1.39. The Hall–Kier alpha value is -3.28. The molecule has 0 aliphatic rings. The number of ether oxygens (including phenoxy) is 3. The fourth-order valence-corrected chi connectivity index (χ4v) is 2.41. The molecule has 1 N–H and O–H groups in total. The van der Waals surface area contributed by atoms with Crippen LogP contribution in [0, 0.1) is 0 Å². The number of nitrogens with one attached hydrogen (secondary N) is 1. The van der Waals surface area contributed by atoms with Gasteiger partial charge >= 0.3 is 16.5 Å². The van der Waals surface area contributed by atoms with Gasteiger partial charge in [0.1, 0.15) is 0 Å². The second-order valence-electron chi connectivity index (χ2n) is 4.64. The molecule has 0 spiro atoms. The van der Waals surface area contributed by atoms with Crippen LogP contribution in [0.3, 0.4) is 0 Å². The van der Waals surface area contributed by atoms with E-state index in [2.05, 4.69) is 14.2 Å². The van der Waals surface area contributed by atoms with Gasteiger partial charge in [0.05, 0.1) is 26.9 Å². The zero-order chi connectivity index (χ0) is 19.9. The highest BCUT2D eigenvalue weighted by atomic mass is 32.3. The lowest BCUT2D eigenvalue weighted by molar-refractivity contribution is 0.210. The lowest BCUT2D eigenvalue weighted by Gasteiger charge is -2.11. The number of carbonyl (C=O) groups is 1. The zero-order valence-electron chi connectivity index (χ0n) is 14.7. The van der Waals surface area contributed by atoms with Crippen molar-refractivity contribution in [2.45, 2.75) is 6.92 Å². The molecular formula is C15H17N3O8S. The second kappa shape index (κ2) is 8.89. The van der Waals surface area contributed by atoms with Crippen LogP contribution in [-0.2, 0) is 14.6 Å². The number of hydrogen-bond acceptors (Lipinski definition) is 10. The number of amides is 1. The summed E-state index contributed by atoms with van der Waals surface area (Å²) in [6, 6.07) is 7.38. The molecule has 0 radical (unpaired) electrons. The summed E-state index contributed by atoms with van der Waals surface area (Å²) in [5.74, 6) is -0.0789. The molecular weight excluding hydrogens is 382 g/mol. The monoisotopic (exact) mass is 399 g/mol. The predicted octanol–water partition coefficient (Wildman–Crippen LogP) is 1.76. The zero-order valence-corrected chi connectivity index (χ0v) is 15.5. The Labute approximate surface area is 155 Å². The molecule has 0 unspecified atom stereocenters. The number of benzene rings is 1. The highest BCUT2D eigenvalue weighted by Crippen LogP contribution is 2.28. The molecule has 11 nitrogen and oxygen atoms in total. The third-order valence-corrected chi connectivity index (χ3v) is 3.57. The molecule has 146 valence electrons. The van der Waals surface area contributed by atoms with E-state index < -0.39 is 16.5 Å². The topological polar surface area (TPSA) is 135 Å². The van der Waals surface area contributed by atoms with Gasteiger partial charge in [-0.05, 0) is 19.1 Å². The molecule has 1 amide bonds. The average Bonchev–Trinajstić information content (AvgIpc) is 2.62. The standard InChI is InChI=1S/C15H17N3O8S/c1-4-24-10-7-5-6-8-11(10)25-27(20,21)26-15(19)18-14-16-12(22-2)9-13(17-14)23-3/h5-9H,4H2,1-3H3,(H,16,17,18,19). The molecule has 0 saturated carbocycles. The Balaban J connectivity index is 2.09. The van der Waals surface area contributed by atoms with E-state index >= 15 is 0 Å². The minimum absolute atomic E-state index is 0.0851. The Kier molecular flexibility index (Phi) is 6.60. The van der Waals surface area contributed by atoms with Gasteiger partial charge in [0.25, 0.3) is 0 Å². The lowest BCUT2D eigenvalue weighted by atomic mass is 10.3. The third-order valence-electron chi connectivity index (χ3n) is 2.83. The molecule has 27 heavy (non-hydrogen) atoms. The summed E-state index contributed by atoms with van der Waals surface area (Å²) < 4.78 is 48.0. The first-order valence-corrected chi connectivity index (χ1v) is 8.84. The molecule has 1 aromatic heterocycles. The van der Waals surface area contributed by atoms with E-state index in [4.69, 9.17) is 18.4 Å². The van der Waals surface area contributed by atoms with Gasteiger partial charge < -0.3 is 18.4 Å². The van der Waals surface area contributed by atoms with Gasteiger partial charge in [-0.3, -0.25) is 9.50 Å². The fraction of sp³-hybridized carbons (Fsp3) is 0.267. The summed E-state index contributed by atoms with van der Waals surface area (Å²) >= 11 is 0. The van der Waals surface area contributed by atoms with E-state index in [1.54, 1.807) is 13.0 Å². The van der Waals surface area contributed by atoms with Gasteiger partial charge in [0.15, 0.2) is 11.5 Å². The van der Waals surface area contributed by atoms with E-state index in [1.165, 1.54) is 38.5 Å². The van der Waals surface area contributed by atoms with Gasteiger partial charge in [-0.25, -0.2) is 4.79 Å². The summed E-state index contributed by atoms with van der Waals surface area (Å²) in [7, 11) is -2.05. The van der Waals surface area contributed by atoms with E-state index in [0.29, 0.717) is 0 Å². The fourth-order valence-electron chi connectivity index (χ4n) is 1.79. The van der Waals surface area contributed by atoms with Crippen molar-refractivity contribution in [3.8, 4) is 23.3 Å². The quantitative estimate of drug-likeness (QED) is 0.699. The molecule has 12 heteroatoms. The molecule has 0 aliphatic carbocycles. The first-order chi connectivity index (χ1) is 12.9. The van der Waals surface area contributed by atoms with Crippen molar-refractivity contribution in [3.63, 3.8) is 0 Å². The third kappa shape index (κ3) is 5.88. The second-order valence-corrected chi connectivity index (χ2v) is 5.79. The van der Waals surface area contributed by atoms with Crippen LogP contribution in [0.5, 0.6) is 23.3 Å². The van der Waals surface area contributed by atoms with Crippen LogP contribution in [-0.4, -0.2) is 45.3 Å². The molecule has 2 rings (SSSR count). The van der Waals surface area contributed by atoms with Crippen LogP contribution in [0.1, 0.15) is 6.92 Å². The van der Waals surface area contributed by atoms with Crippen LogP contribution >= 0.6 is 0 Å². The van der Waals surface area contributed by atoms with E-state index in [9.17, 15) is 13.2 Å². The molecule has 0 aliphatic heterocycles. The average molecular weight is 399 g/mol. The number of carbonyl (C=O) groups excluding carboxylic acids is 1. The van der Waals surface area contributed by atoms with Crippen molar-refractivity contribution in [3.05, 3.63) is 30.3 Å². The molecule has 0 saturated heterocycles. The number of hydrogen-bond donors (Lipinski definition) is 1. The van der Waals surface area contributed by atoms with Crippen molar-refractivity contribution >= 4 is 22.4 Å². The summed E-state index contributed by atoms with van der Waals surface area (Å²) in [4.78, 5) is 19.5. The first kappa shape index (κ1) is 20.0. The maximum absolute atomic E-state index is 12.0. The van der Waals surface area contributed by atoms with Crippen LogP contribution in [0.15, 0.2) is 30.3 Å². The Morgan fingerprint density at radius 2 is 1.67 bits per heavy atom. The van der Waals surface area contributed by atoms with E-state index in [0.717, 1.165) is 0 Å². The highest BCUT2D eigenvalue weighted by molar-refractivity contribution is 7.82. The number of anilines is 1. The first-order valence-electron chi connectivity index (χ1n) is 7.50. The van der Waals surface area contributed by atoms with Crippen molar-refractivity contribution < 1.29 is 35.8 Å². The van der Waals surface area contributed by atoms with Crippen molar-refractivity contribution in [1.82, 2.24) is 9.97 Å². The number of para-hydroxylation sites is 2. The maximum Gasteiger partial charge on any atom is 0.505 e. The predicted molar refractivity (Wildman–Crippen MR) is 92.4 cm³/mol. The largest absolute Gasteiger partial charge is 0.505 e. The minimum Gasteiger partial charge on any atom is -0.490 e. The van der Waals surface area contributed by atoms with E-state index in [1.807, 2.05) is 5.32 Å². The molecule has 0 fully saturated rings. The van der Waals surface area contributed by atoms with Crippen molar-refractivity contribution in [2.75, 3.05) is 26.1 Å². The Morgan fingerprint density at radius 1 is 1.07 bits per heavy atom. The van der Waals surface area contributed by atoms with Gasteiger partial charge in [-0.15, -0.1) is 8.42 Å². The lowest BCUT2D eigenvalue weighted by Crippen LogP contribution is -2.23. The van der Waals surface area contributed by atoms with Gasteiger partial charge in [0.2, 0.25) is 17.7 Å². The minimum atomic E-state index is -4.74. The molecule has 1 aromatic carbocycles. The van der Waals surface area contributed by atoms with Crippen LogP contribution in [0.25, 0.3) is 0 Å². The smallest absolute Gasteiger partial charge is 0.490 e. The molecule has 1 heterocycles. The number of nitrogens with zero attached hydrogens (tertiary/aromatic N) is 2. The van der Waals surface area contributed by atoms with Crippen LogP contribution in [0.4, 0.5) is 10.7 Å². The molecule has 0 atom stereocenters. The van der Waals surface area contributed by atoms with Crippen LogP contribution in [0.2, 0.25) is 0 Å². The molecule has 2 aromatic rings. The van der Waals surface area contributed by atoms with Crippen molar-refractivity contribution in [1.29, 1.82) is 0 Å². The van der Waals surface area contributed by atoms with E-state index in [-0.39, 0.29) is 35.8 Å². The van der Waals surface area contributed by atoms with Gasteiger partial charge in [0, 0.05) is 0 Å². The highest BCUT2D eigenvalue weighted by Gasteiger charge is 2.23. The Bertz CT molecular complexity index is 881. The Morgan fingerprint density at radius 3 is 2.22 bits per heavy atom. The SMILES string of the molecule is CCOc1ccccc1OS(=O)(=O)OC(=O)Nc1nc(OC)cc(OC)n1. The number of aromatic nitrogens is 2. The van der Waals surface area contributed by atoms with Gasteiger partial charge in [-0.2, -0.15) is 9.97 Å². The number of methoxy groups -OCH3 is 2.